The first kappa shape index (κ1) is 21.9. The summed E-state index contributed by atoms with van der Waals surface area (Å²) in [6.45, 7) is 0. The number of phenolic OH excluding ortho intramolecular Hbond substituents is 2. The fourth-order valence-corrected chi connectivity index (χ4v) is 4.95. The summed E-state index contributed by atoms with van der Waals surface area (Å²) in [7, 11) is -0.446. The van der Waals surface area contributed by atoms with Gasteiger partial charge in [0.15, 0.2) is 11.5 Å². The maximum absolute atomic E-state index is 8.67. The Morgan fingerprint density at radius 2 is 0.643 bits per heavy atom. The molecular weight excluding hydrogens is 546 g/mol. The summed E-state index contributed by atoms with van der Waals surface area (Å²) in [5, 5.41) is 21.5. The van der Waals surface area contributed by atoms with E-state index in [1.54, 1.807) is 12.1 Å². The first-order valence-corrected chi connectivity index (χ1v) is 10.0. The van der Waals surface area contributed by atoms with E-state index >= 15 is 0 Å². The van der Waals surface area contributed by atoms with Gasteiger partial charge >= 0.3 is 0 Å². The van der Waals surface area contributed by atoms with Gasteiger partial charge < -0.3 is 10.2 Å². The molecule has 28 heavy (non-hydrogen) atoms. The van der Waals surface area contributed by atoms with Crippen molar-refractivity contribution in [2.75, 3.05) is 0 Å². The molecular formula is C24H21O2PPt. The number of hydrogen-bond donors (Lipinski definition) is 2. The molecule has 0 spiro atoms. The maximum atomic E-state index is 8.67. The molecule has 4 rings (SSSR count). The zero-order valence-electron chi connectivity index (χ0n) is 15.1. The van der Waals surface area contributed by atoms with Crippen LogP contribution < -0.4 is 15.9 Å². The van der Waals surface area contributed by atoms with Crippen molar-refractivity contribution in [3.63, 3.8) is 0 Å². The Bertz CT molecular complexity index is 833. The summed E-state index contributed by atoms with van der Waals surface area (Å²) in [5.41, 5.74) is 0. The molecule has 0 bridgehead atoms. The van der Waals surface area contributed by atoms with Crippen LogP contribution in [0.3, 0.4) is 0 Å². The van der Waals surface area contributed by atoms with E-state index in [9.17, 15) is 0 Å². The average Bonchev–Trinajstić information content (AvgIpc) is 2.73. The summed E-state index contributed by atoms with van der Waals surface area (Å²) in [4.78, 5) is 0. The third-order valence-corrected chi connectivity index (χ3v) is 6.37. The molecule has 0 atom stereocenters. The number of rotatable bonds is 3. The van der Waals surface area contributed by atoms with Gasteiger partial charge in [0, 0.05) is 21.1 Å². The van der Waals surface area contributed by atoms with Gasteiger partial charge in [-0.1, -0.05) is 103 Å². The number of benzene rings is 4. The van der Waals surface area contributed by atoms with Gasteiger partial charge in [0.05, 0.1) is 0 Å². The fourth-order valence-electron chi connectivity index (χ4n) is 2.64. The topological polar surface area (TPSA) is 40.5 Å². The number of aromatic hydroxyl groups is 2. The number of hydrogen-bond acceptors (Lipinski definition) is 2. The zero-order valence-corrected chi connectivity index (χ0v) is 18.3. The van der Waals surface area contributed by atoms with E-state index < -0.39 is 7.92 Å². The largest absolute Gasteiger partial charge is 0.504 e. The second-order valence-corrected chi connectivity index (χ2v) is 8.05. The van der Waals surface area contributed by atoms with E-state index in [-0.39, 0.29) is 32.6 Å². The summed E-state index contributed by atoms with van der Waals surface area (Å²) in [5.74, 6) is -0.153. The summed E-state index contributed by atoms with van der Waals surface area (Å²) in [6.07, 6.45) is 0. The summed E-state index contributed by atoms with van der Waals surface area (Å²) < 4.78 is 0. The maximum Gasteiger partial charge on any atom is 0.157 e. The molecule has 144 valence electrons. The Balaban J connectivity index is 0.000000264. The normalized spacial score (nSPS) is 9.75. The Labute approximate surface area is 181 Å². The molecule has 4 heteroatoms. The first-order chi connectivity index (χ1) is 13.3. The van der Waals surface area contributed by atoms with Crippen molar-refractivity contribution in [1.82, 2.24) is 0 Å². The number of phenols is 2. The molecule has 0 aliphatic rings. The Hall–Kier alpha value is -2.40. The molecule has 0 aromatic heterocycles. The Morgan fingerprint density at radius 3 is 0.893 bits per heavy atom. The average molecular weight is 567 g/mol. The van der Waals surface area contributed by atoms with Gasteiger partial charge in [-0.3, -0.25) is 0 Å². The van der Waals surface area contributed by atoms with Crippen LogP contribution in [0.4, 0.5) is 0 Å². The van der Waals surface area contributed by atoms with Crippen LogP contribution in [0.1, 0.15) is 0 Å². The van der Waals surface area contributed by atoms with Crippen LogP contribution >= 0.6 is 7.92 Å². The quantitative estimate of drug-likeness (QED) is 0.282. The molecule has 2 N–H and O–H groups in total. The van der Waals surface area contributed by atoms with Gasteiger partial charge in [-0.05, 0) is 36.0 Å². The predicted molar refractivity (Wildman–Crippen MR) is 115 cm³/mol. The van der Waals surface area contributed by atoms with Gasteiger partial charge in [0.25, 0.3) is 0 Å². The Morgan fingerprint density at radius 1 is 0.393 bits per heavy atom. The Kier molecular flexibility index (Phi) is 8.95. The third-order valence-electron chi connectivity index (χ3n) is 3.92. The van der Waals surface area contributed by atoms with Crippen molar-refractivity contribution in [3.05, 3.63) is 115 Å². The molecule has 0 fully saturated rings. The van der Waals surface area contributed by atoms with Gasteiger partial charge in [-0.15, -0.1) is 0 Å². The predicted octanol–water partition coefficient (Wildman–Crippen LogP) is 4.54. The van der Waals surface area contributed by atoms with E-state index in [1.807, 2.05) is 0 Å². The van der Waals surface area contributed by atoms with E-state index in [0.717, 1.165) is 0 Å². The minimum absolute atomic E-state index is 0. The van der Waals surface area contributed by atoms with Crippen molar-refractivity contribution in [3.8, 4) is 11.5 Å². The third kappa shape index (κ3) is 6.06. The van der Waals surface area contributed by atoms with Crippen LogP contribution in [0, 0.1) is 0 Å². The van der Waals surface area contributed by atoms with Crippen LogP contribution in [0.5, 0.6) is 11.5 Å². The van der Waals surface area contributed by atoms with Crippen LogP contribution in [-0.2, 0) is 21.1 Å². The molecule has 0 amide bonds. The fraction of sp³-hybridized carbons (Fsp3) is 0. The van der Waals surface area contributed by atoms with Crippen molar-refractivity contribution in [2.24, 2.45) is 0 Å². The molecule has 0 aliphatic heterocycles. The molecule has 4 aromatic rings. The summed E-state index contributed by atoms with van der Waals surface area (Å²) in [6, 6.07) is 38.5. The second-order valence-electron chi connectivity index (χ2n) is 5.83. The van der Waals surface area contributed by atoms with Crippen molar-refractivity contribution >= 4 is 23.8 Å². The van der Waals surface area contributed by atoms with Crippen molar-refractivity contribution in [1.29, 1.82) is 0 Å². The smallest absolute Gasteiger partial charge is 0.157 e. The molecule has 0 aliphatic carbocycles. The zero-order chi connectivity index (χ0) is 18.9. The van der Waals surface area contributed by atoms with Gasteiger partial charge in [-0.2, -0.15) is 0 Å². The minimum Gasteiger partial charge on any atom is -0.504 e. The molecule has 0 unspecified atom stereocenters. The van der Waals surface area contributed by atoms with E-state index in [0.29, 0.717) is 0 Å². The second kappa shape index (κ2) is 11.4. The summed E-state index contributed by atoms with van der Waals surface area (Å²) >= 11 is 0. The van der Waals surface area contributed by atoms with Crippen molar-refractivity contribution < 1.29 is 31.3 Å². The standard InChI is InChI=1S/C18H15P.C6H6O2.Pt/c1-4-10-16(11-5-1)19(17-12-6-2-7-13-17)18-14-8-3-9-15-18;7-5-3-1-2-4-6(5)8;/h1-15H;1-4,7-8H;. The molecule has 4 aromatic carbocycles. The number of para-hydroxylation sites is 2. The van der Waals surface area contributed by atoms with Gasteiger partial charge in [-0.25, -0.2) is 0 Å². The SMILES string of the molecule is Oc1ccccc1O.[Pt].c1ccc(P(c2ccccc2)c2ccccc2)cc1. The molecule has 2 nitrogen and oxygen atoms in total. The van der Waals surface area contributed by atoms with Crippen LogP contribution in [-0.4, -0.2) is 10.2 Å². The first-order valence-electron chi connectivity index (χ1n) is 8.68. The van der Waals surface area contributed by atoms with E-state index in [1.165, 1.54) is 28.0 Å². The van der Waals surface area contributed by atoms with Crippen LogP contribution in [0.15, 0.2) is 115 Å². The van der Waals surface area contributed by atoms with Gasteiger partial charge in [0.1, 0.15) is 0 Å². The van der Waals surface area contributed by atoms with Gasteiger partial charge in [0.2, 0.25) is 0 Å². The molecule has 0 saturated carbocycles. The monoisotopic (exact) mass is 567 g/mol. The molecule has 0 saturated heterocycles. The van der Waals surface area contributed by atoms with E-state index in [4.69, 9.17) is 10.2 Å². The molecule has 0 radical (unpaired) electrons. The van der Waals surface area contributed by atoms with Crippen LogP contribution in [0.2, 0.25) is 0 Å². The minimum atomic E-state index is -0.446. The molecule has 0 heterocycles. The van der Waals surface area contributed by atoms with Crippen LogP contribution in [0.25, 0.3) is 0 Å². The van der Waals surface area contributed by atoms with Crippen molar-refractivity contribution in [2.45, 2.75) is 0 Å². The van der Waals surface area contributed by atoms with E-state index in [2.05, 4.69) is 91.0 Å².